The van der Waals surface area contributed by atoms with Crippen molar-refractivity contribution in [2.75, 3.05) is 32.1 Å². The summed E-state index contributed by atoms with van der Waals surface area (Å²) in [7, 11) is 1.49. The third kappa shape index (κ3) is 7.90. The van der Waals surface area contributed by atoms with E-state index in [1.807, 2.05) is 49.1 Å². The summed E-state index contributed by atoms with van der Waals surface area (Å²) in [5, 5.41) is 6.91. The van der Waals surface area contributed by atoms with E-state index >= 15 is 0 Å². The molecule has 2 amide bonds. The summed E-state index contributed by atoms with van der Waals surface area (Å²) in [4.78, 5) is 35.3. The Kier molecular flexibility index (Phi) is 9.81. The summed E-state index contributed by atoms with van der Waals surface area (Å²) in [5.41, 5.74) is 3.18. The molecule has 1 fully saturated rings. The molecule has 2 heterocycles. The molecule has 1 saturated heterocycles. The van der Waals surface area contributed by atoms with Gasteiger partial charge in [-0.15, -0.1) is 0 Å². The maximum Gasteiger partial charge on any atom is 0.253 e. The van der Waals surface area contributed by atoms with Crippen molar-refractivity contribution in [1.82, 2.24) is 20.2 Å². The molecule has 2 N–H and O–H groups in total. The van der Waals surface area contributed by atoms with E-state index in [0.29, 0.717) is 24.6 Å². The first-order chi connectivity index (χ1) is 16.9. The van der Waals surface area contributed by atoms with Gasteiger partial charge in [-0.2, -0.15) is 0 Å². The minimum Gasteiger partial charge on any atom is -0.375 e. The van der Waals surface area contributed by atoms with Crippen LogP contribution in [0.5, 0.6) is 0 Å². The predicted molar refractivity (Wildman–Crippen MR) is 139 cm³/mol. The van der Waals surface area contributed by atoms with Crippen molar-refractivity contribution in [2.24, 2.45) is 0 Å². The summed E-state index contributed by atoms with van der Waals surface area (Å²) in [6.07, 6.45) is 7.75. The zero-order valence-electron chi connectivity index (χ0n) is 20.4. The van der Waals surface area contributed by atoms with Crippen molar-refractivity contribution in [3.63, 3.8) is 0 Å². The number of ether oxygens (including phenoxy) is 1. The Balaban J connectivity index is 1.57. The first-order valence-electron chi connectivity index (χ1n) is 11.7. The summed E-state index contributed by atoms with van der Waals surface area (Å²) in [6, 6.07) is 9.19. The molecule has 1 aliphatic rings. The van der Waals surface area contributed by atoms with Crippen LogP contribution in [0.4, 0.5) is 11.6 Å². The second-order valence-electron chi connectivity index (χ2n) is 8.35. The average Bonchev–Trinajstić information content (AvgIpc) is 2.88. The van der Waals surface area contributed by atoms with Gasteiger partial charge in [-0.25, -0.2) is 9.97 Å². The lowest BCUT2D eigenvalue weighted by molar-refractivity contribution is -0.125. The molecule has 186 valence electrons. The largest absolute Gasteiger partial charge is 0.375 e. The number of benzene rings is 1. The highest BCUT2D eigenvalue weighted by atomic mass is 35.5. The highest BCUT2D eigenvalue weighted by Gasteiger charge is 2.24. The molecular weight excluding hydrogens is 466 g/mol. The third-order valence-corrected chi connectivity index (χ3v) is 6.12. The maximum atomic E-state index is 12.9. The molecule has 0 radical (unpaired) electrons. The second-order valence-corrected chi connectivity index (χ2v) is 8.84. The highest BCUT2D eigenvalue weighted by Crippen LogP contribution is 2.19. The molecule has 0 aliphatic carbocycles. The summed E-state index contributed by atoms with van der Waals surface area (Å²) >= 11 is 6.08. The molecule has 1 aliphatic heterocycles. The summed E-state index contributed by atoms with van der Waals surface area (Å²) in [6.45, 7) is 5.23. The molecule has 0 bridgehead atoms. The Bertz CT molecular complexity index is 1080. The molecule has 1 aromatic carbocycles. The number of halogens is 1. The fourth-order valence-corrected chi connectivity index (χ4v) is 3.76. The lowest BCUT2D eigenvalue weighted by Crippen LogP contribution is -2.47. The summed E-state index contributed by atoms with van der Waals surface area (Å²) < 4.78 is 4.85. The Labute approximate surface area is 211 Å². The van der Waals surface area contributed by atoms with Gasteiger partial charge in [0.25, 0.3) is 5.91 Å². The van der Waals surface area contributed by atoms with Crippen molar-refractivity contribution in [2.45, 2.75) is 39.2 Å². The summed E-state index contributed by atoms with van der Waals surface area (Å²) in [5.74, 6) is 0.326. The van der Waals surface area contributed by atoms with Gasteiger partial charge >= 0.3 is 0 Å². The van der Waals surface area contributed by atoms with E-state index in [4.69, 9.17) is 16.3 Å². The number of aromatic nitrogens is 2. The van der Waals surface area contributed by atoms with Crippen LogP contribution < -0.4 is 10.6 Å². The Morgan fingerprint density at radius 1 is 1.17 bits per heavy atom. The van der Waals surface area contributed by atoms with E-state index in [9.17, 15) is 9.59 Å². The SMILES string of the molecule is CC/C(Cl)=C\C=C(/C)c1ccnc(Nc2ccc(C(=O)N3CCC(NC(=O)COC)CC3)cc2)n1. The Morgan fingerprint density at radius 2 is 1.89 bits per heavy atom. The lowest BCUT2D eigenvalue weighted by Gasteiger charge is -2.32. The van der Waals surface area contributed by atoms with Crippen LogP contribution in [0.3, 0.4) is 0 Å². The van der Waals surface area contributed by atoms with Gasteiger partial charge in [0.1, 0.15) is 6.61 Å². The molecule has 0 spiro atoms. The number of anilines is 2. The fourth-order valence-electron chi connectivity index (χ4n) is 3.69. The number of amides is 2. The van der Waals surface area contributed by atoms with Gasteiger partial charge in [0.05, 0.1) is 5.69 Å². The van der Waals surface area contributed by atoms with E-state index in [1.165, 1.54) is 7.11 Å². The topological polar surface area (TPSA) is 96.5 Å². The van der Waals surface area contributed by atoms with E-state index < -0.39 is 0 Å². The van der Waals surface area contributed by atoms with Gasteiger partial charge in [-0.3, -0.25) is 9.59 Å². The zero-order chi connectivity index (χ0) is 25.2. The van der Waals surface area contributed by atoms with Crippen LogP contribution in [-0.4, -0.2) is 59.5 Å². The van der Waals surface area contributed by atoms with Gasteiger partial charge in [0.2, 0.25) is 11.9 Å². The molecular formula is C26H32ClN5O3. The van der Waals surface area contributed by atoms with Crippen LogP contribution in [0, 0.1) is 0 Å². The van der Waals surface area contributed by atoms with E-state index in [1.54, 1.807) is 18.3 Å². The molecule has 8 nitrogen and oxygen atoms in total. The number of methoxy groups -OCH3 is 1. The molecule has 9 heteroatoms. The standard InChI is InChI=1S/C26H32ClN5O3/c1-4-20(27)8-5-18(2)23-11-14-28-26(31-23)30-21-9-6-19(7-10-21)25(34)32-15-12-22(13-16-32)29-24(33)17-35-3/h5-11,14,22H,4,12-13,15-17H2,1-3H3,(H,29,33)(H,28,30,31)/b18-5+,20-8+. The quantitative estimate of drug-likeness (QED) is 0.494. The Hall–Kier alpha value is -3.23. The fraction of sp³-hybridized carbons (Fsp3) is 0.385. The normalized spacial score (nSPS) is 15.1. The number of piperidine rings is 1. The maximum absolute atomic E-state index is 12.9. The number of carbonyl (C=O) groups is 2. The number of allylic oxidation sites excluding steroid dienone is 4. The van der Waals surface area contributed by atoms with E-state index in [2.05, 4.69) is 20.6 Å². The number of likely N-dealkylation sites (tertiary alicyclic amines) is 1. The number of hydrogen-bond donors (Lipinski definition) is 2. The van der Waals surface area contributed by atoms with Crippen LogP contribution in [0.1, 0.15) is 49.2 Å². The molecule has 1 aromatic heterocycles. The lowest BCUT2D eigenvalue weighted by atomic mass is 10.0. The molecule has 35 heavy (non-hydrogen) atoms. The minimum absolute atomic E-state index is 0.0176. The average molecular weight is 498 g/mol. The van der Waals surface area contributed by atoms with E-state index in [0.717, 1.165) is 41.2 Å². The van der Waals surface area contributed by atoms with Crippen molar-refractivity contribution in [3.8, 4) is 0 Å². The van der Waals surface area contributed by atoms with Gasteiger partial charge in [0, 0.05) is 48.7 Å². The highest BCUT2D eigenvalue weighted by molar-refractivity contribution is 6.29. The monoisotopic (exact) mass is 497 g/mol. The first-order valence-corrected chi connectivity index (χ1v) is 12.1. The van der Waals surface area contributed by atoms with Crippen LogP contribution >= 0.6 is 11.6 Å². The third-order valence-electron chi connectivity index (χ3n) is 5.72. The van der Waals surface area contributed by atoms with E-state index in [-0.39, 0.29) is 24.5 Å². The second kappa shape index (κ2) is 13.0. The van der Waals surface area contributed by atoms with Gasteiger partial charge in [0.15, 0.2) is 0 Å². The molecule has 2 aromatic rings. The molecule has 0 atom stereocenters. The van der Waals surface area contributed by atoms with Crippen molar-refractivity contribution in [3.05, 3.63) is 65.0 Å². The van der Waals surface area contributed by atoms with Gasteiger partial charge in [-0.1, -0.05) is 24.6 Å². The molecule has 0 unspecified atom stereocenters. The number of rotatable bonds is 9. The number of hydrogen-bond acceptors (Lipinski definition) is 6. The number of carbonyl (C=O) groups excluding carboxylic acids is 2. The van der Waals surface area contributed by atoms with Crippen LogP contribution in [0.15, 0.2) is 53.7 Å². The molecule has 0 saturated carbocycles. The number of nitrogens with zero attached hydrogens (tertiary/aromatic N) is 3. The van der Waals surface area contributed by atoms with Gasteiger partial charge in [-0.05, 0) is 68.2 Å². The van der Waals surface area contributed by atoms with Gasteiger partial charge < -0.3 is 20.3 Å². The first kappa shape index (κ1) is 26.4. The molecule has 3 rings (SSSR count). The zero-order valence-corrected chi connectivity index (χ0v) is 21.1. The predicted octanol–water partition coefficient (Wildman–Crippen LogP) is 4.52. The smallest absolute Gasteiger partial charge is 0.253 e. The van der Waals surface area contributed by atoms with Crippen LogP contribution in [0.25, 0.3) is 5.57 Å². The van der Waals surface area contributed by atoms with Crippen LogP contribution in [0.2, 0.25) is 0 Å². The number of nitrogens with one attached hydrogen (secondary N) is 2. The Morgan fingerprint density at radius 3 is 2.54 bits per heavy atom. The van der Waals surface area contributed by atoms with Crippen molar-refractivity contribution < 1.29 is 14.3 Å². The van der Waals surface area contributed by atoms with Crippen molar-refractivity contribution in [1.29, 1.82) is 0 Å². The minimum atomic E-state index is -0.126. The van der Waals surface area contributed by atoms with Crippen molar-refractivity contribution >= 4 is 40.6 Å². The van der Waals surface area contributed by atoms with Crippen LogP contribution in [-0.2, 0) is 9.53 Å².